The van der Waals surface area contributed by atoms with Crippen LogP contribution in [0.1, 0.15) is 60.8 Å². The number of ether oxygens (including phenoxy) is 2. The number of phenols is 2. The molecule has 20 heteroatoms. The van der Waals surface area contributed by atoms with Crippen molar-refractivity contribution in [3.63, 3.8) is 0 Å². The van der Waals surface area contributed by atoms with Gasteiger partial charge in [0.15, 0.2) is 34.9 Å². The number of aliphatic hydroxyl groups is 2. The summed E-state index contributed by atoms with van der Waals surface area (Å²) in [5, 5.41) is 42.9. The Morgan fingerprint density at radius 2 is 1.44 bits per heavy atom. The molecule has 0 aromatic heterocycles. The third kappa shape index (κ3) is 6.79. The van der Waals surface area contributed by atoms with E-state index < -0.39 is 33.6 Å². The molecule has 4 heterocycles. The Labute approximate surface area is 335 Å². The number of benzene rings is 2. The number of likely N-dealkylation sites (tertiary alicyclic amines) is 2. The highest BCUT2D eigenvalue weighted by Gasteiger charge is 2.73. The predicted molar refractivity (Wildman–Crippen MR) is 207 cm³/mol. The van der Waals surface area contributed by atoms with Crippen LogP contribution in [0, 0.1) is 11.8 Å². The van der Waals surface area contributed by atoms with Gasteiger partial charge in [0.25, 0.3) is 0 Å². The topological polar surface area (TPSA) is 355 Å². The highest BCUT2D eigenvalue weighted by atomic mass is 35.5. The monoisotopic (exact) mass is 850 g/mol. The highest BCUT2D eigenvalue weighted by Crippen LogP contribution is 2.65. The summed E-state index contributed by atoms with van der Waals surface area (Å²) in [6.07, 6.45) is 9.51. The number of hydrogen-bond acceptors (Lipinski definition) is 11. The van der Waals surface area contributed by atoms with Crippen molar-refractivity contribution in [1.82, 2.24) is 9.80 Å². The first-order valence-electron chi connectivity index (χ1n) is 18.0. The first kappa shape index (κ1) is 48.2. The number of piperidine rings is 2. The van der Waals surface area contributed by atoms with Crippen LogP contribution in [-0.4, -0.2) is 144 Å². The minimum atomic E-state index is -4.67. The van der Waals surface area contributed by atoms with Crippen molar-refractivity contribution in [2.75, 3.05) is 26.7 Å². The smallest absolute Gasteiger partial charge is 0.394 e. The first-order valence-corrected chi connectivity index (χ1v) is 19.4. The quantitative estimate of drug-likeness (QED) is 0.146. The fraction of sp³-hybridized carbons (Fsp3) is 0.595. The van der Waals surface area contributed by atoms with Gasteiger partial charge in [-0.25, -0.2) is 0 Å². The van der Waals surface area contributed by atoms with E-state index in [0.717, 1.165) is 62.4 Å². The van der Waals surface area contributed by atoms with E-state index >= 15 is 0 Å². The van der Waals surface area contributed by atoms with Crippen molar-refractivity contribution in [2.45, 2.75) is 98.2 Å². The number of halogens is 1. The van der Waals surface area contributed by atoms with Gasteiger partial charge in [0, 0.05) is 47.5 Å². The van der Waals surface area contributed by atoms with Gasteiger partial charge in [-0.05, 0) is 94.3 Å². The molecule has 4 aliphatic heterocycles. The second kappa shape index (κ2) is 16.1. The first-order chi connectivity index (χ1) is 24.2. The molecule has 2 saturated heterocycles. The molecule has 9 atom stereocenters. The van der Waals surface area contributed by atoms with Gasteiger partial charge in [-0.2, -0.15) is 8.42 Å². The fourth-order valence-corrected chi connectivity index (χ4v) is 11.5. The molecule has 18 nitrogen and oxygen atoms in total. The molecule has 4 fully saturated rings. The Morgan fingerprint density at radius 3 is 2.05 bits per heavy atom. The van der Waals surface area contributed by atoms with E-state index in [2.05, 4.69) is 22.9 Å². The van der Waals surface area contributed by atoms with E-state index in [1.807, 2.05) is 18.2 Å². The van der Waals surface area contributed by atoms with Crippen LogP contribution in [0.3, 0.4) is 0 Å². The number of carbonyl (C=O) groups excluding carboxylic acids is 1. The Kier molecular flexibility index (Phi) is 13.6. The lowest BCUT2D eigenvalue weighted by Gasteiger charge is -2.62. The zero-order valence-corrected chi connectivity index (χ0v) is 32.9. The van der Waals surface area contributed by atoms with Gasteiger partial charge in [-0.1, -0.05) is 24.3 Å². The van der Waals surface area contributed by atoms with Crippen LogP contribution >= 0.6 is 12.4 Å². The summed E-state index contributed by atoms with van der Waals surface area (Å²) in [4.78, 5) is 17.6. The molecule has 57 heavy (non-hydrogen) atoms. The zero-order chi connectivity index (χ0) is 35.8. The molecule has 0 amide bonds. The Bertz CT molecular complexity index is 1980. The number of nitrogens with zero attached hydrogens (tertiary/aromatic N) is 2. The van der Waals surface area contributed by atoms with Gasteiger partial charge in [-0.3, -0.25) is 18.8 Å². The lowest BCUT2D eigenvalue weighted by Crippen LogP contribution is -2.76. The number of ketones is 1. The molecule has 2 spiro atoms. The van der Waals surface area contributed by atoms with Crippen LogP contribution in [0.2, 0.25) is 0 Å². The van der Waals surface area contributed by atoms with Crippen LogP contribution in [0.5, 0.6) is 23.0 Å². The van der Waals surface area contributed by atoms with Crippen molar-refractivity contribution < 1.29 is 79.6 Å². The van der Waals surface area contributed by atoms with Crippen LogP contribution in [0.25, 0.3) is 0 Å². The van der Waals surface area contributed by atoms with Gasteiger partial charge >= 0.3 is 10.4 Å². The van der Waals surface area contributed by atoms with Gasteiger partial charge in [0.1, 0.15) is 12.2 Å². The third-order valence-electron chi connectivity index (χ3n) is 13.7. The second-order valence-electron chi connectivity index (χ2n) is 16.1. The highest BCUT2D eigenvalue weighted by molar-refractivity contribution is 7.79. The summed E-state index contributed by atoms with van der Waals surface area (Å²) in [6.45, 7) is 2.96. The fourth-order valence-electron chi connectivity index (χ4n) is 11.5. The van der Waals surface area contributed by atoms with Gasteiger partial charge in [0.2, 0.25) is 0 Å². The maximum absolute atomic E-state index is 12.7. The van der Waals surface area contributed by atoms with E-state index in [1.165, 1.54) is 24.0 Å². The number of hydrogen-bond donors (Lipinski definition) is 6. The molecule has 0 radical (unpaired) electrons. The van der Waals surface area contributed by atoms with E-state index in [4.69, 9.17) is 27.0 Å². The number of aliphatic hydroxyl groups excluding tert-OH is 1. The van der Waals surface area contributed by atoms with Crippen LogP contribution in [0.4, 0.5) is 0 Å². The SMILES string of the molecule is CN1CC[C@]23c4c5ccc(O)c4O[C@H]2[C@@H](O)C=C[C@H]3[C@H]1C5.Cl.O.O.O.O.O.O=C1CC[C@@]2(O)[C@H]3Cc4ccc(O)c5c4[C@@]2(CCN3CC2CC2)[C@H]1O5.O=S(=O)(O)O. The minimum Gasteiger partial charge on any atom is -0.504 e. The van der Waals surface area contributed by atoms with E-state index in [0.29, 0.717) is 36.3 Å². The van der Waals surface area contributed by atoms with Crippen LogP contribution in [-0.2, 0) is 38.9 Å². The Morgan fingerprint density at radius 1 is 0.842 bits per heavy atom. The molecule has 0 unspecified atom stereocenters. The molecule has 9 aliphatic rings. The summed E-state index contributed by atoms with van der Waals surface area (Å²) < 4.78 is 43.7. The molecule has 2 aromatic rings. The molecular weight excluding hydrogens is 796 g/mol. The standard InChI is InChI=1S/C20H23NO4.C17H19NO3.ClH.H2O4S.5H2O/c22-13-4-3-12-9-15-20(24)6-5-14(23)18-19(20,16(12)17(13)25-18)7-8-21(15)10-11-1-2-11;1-18-7-6-17-10-3-5-13(20)16(17)21-15-12(19)4-2-9(14(15)17)8-11(10)18;;1-5(2,3)4;;;;;/h3-4,11,15,18,22,24H,1-2,5-10H2;2-5,10-11,13,16,19-20H,6-8H2,1H3;1H;(H2,1,2,3,4);5*1H2/t15-,18+,19+,20-;10-,11+,13-,16-,17-;;;;;;;/m10......./s1. The van der Waals surface area contributed by atoms with Crippen LogP contribution in [0.15, 0.2) is 36.4 Å². The number of Topliss-reactive ketones (excluding diaryl/α,β-unsaturated/α-hetero) is 1. The summed E-state index contributed by atoms with van der Waals surface area (Å²) in [6, 6.07) is 7.92. The van der Waals surface area contributed by atoms with Crippen molar-refractivity contribution in [3.05, 3.63) is 58.7 Å². The van der Waals surface area contributed by atoms with Gasteiger partial charge in [-0.15, -0.1) is 12.4 Å². The second-order valence-corrected chi connectivity index (χ2v) is 17.0. The van der Waals surface area contributed by atoms with Crippen molar-refractivity contribution >= 4 is 28.6 Å². The van der Waals surface area contributed by atoms with Gasteiger partial charge < -0.3 is 62.2 Å². The Hall–Kier alpha value is -3.15. The van der Waals surface area contributed by atoms with Crippen LogP contribution < -0.4 is 9.47 Å². The van der Waals surface area contributed by atoms with Crippen molar-refractivity contribution in [1.29, 1.82) is 0 Å². The number of phenolic OH excluding ortho intramolecular Hbond substituents is 2. The number of rotatable bonds is 2. The number of carbonyl (C=O) groups is 1. The Balaban J connectivity index is 0.000000252. The van der Waals surface area contributed by atoms with E-state index in [-0.39, 0.29) is 74.6 Å². The normalized spacial score (nSPS) is 34.9. The molecule has 322 valence electrons. The van der Waals surface area contributed by atoms with E-state index in [1.54, 1.807) is 12.1 Å². The summed E-state index contributed by atoms with van der Waals surface area (Å²) in [5.74, 6) is 2.58. The lowest BCUT2D eigenvalue weighted by molar-refractivity contribution is -0.188. The average Bonchev–Trinajstić information content (AvgIpc) is 3.70. The van der Waals surface area contributed by atoms with Crippen molar-refractivity contribution in [2.24, 2.45) is 11.8 Å². The maximum atomic E-state index is 12.7. The predicted octanol–water partition coefficient (Wildman–Crippen LogP) is -1.63. The molecular formula is C37H55ClN2O16S. The minimum absolute atomic E-state index is 0. The molecule has 16 N–H and O–H groups in total. The lowest BCUT2D eigenvalue weighted by atomic mass is 9.49. The molecule has 5 aliphatic carbocycles. The molecule has 2 saturated carbocycles. The van der Waals surface area contributed by atoms with Crippen molar-refractivity contribution in [3.8, 4) is 23.0 Å². The number of likely N-dealkylation sites (N-methyl/N-ethyl adjacent to an activating group) is 1. The molecule has 2 aromatic carbocycles. The number of aromatic hydroxyl groups is 2. The average molecular weight is 851 g/mol. The summed E-state index contributed by atoms with van der Waals surface area (Å²) in [5.41, 5.74) is 2.74. The summed E-state index contributed by atoms with van der Waals surface area (Å²) >= 11 is 0. The molecule has 4 bridgehead atoms. The largest absolute Gasteiger partial charge is 0.504 e. The maximum Gasteiger partial charge on any atom is 0.394 e. The summed E-state index contributed by atoms with van der Waals surface area (Å²) in [7, 11) is -2.48. The zero-order valence-electron chi connectivity index (χ0n) is 31.2. The van der Waals surface area contributed by atoms with Gasteiger partial charge in [0.05, 0.1) is 11.0 Å². The van der Waals surface area contributed by atoms with E-state index in [9.17, 15) is 25.2 Å². The third-order valence-corrected chi connectivity index (χ3v) is 13.7. The molecule has 11 rings (SSSR count).